The van der Waals surface area contributed by atoms with Crippen LogP contribution in [0.5, 0.6) is 0 Å². The molecular formula is C20H26F2N2O2. The molecule has 2 aliphatic carbocycles. The molecule has 0 spiro atoms. The van der Waals surface area contributed by atoms with Crippen molar-refractivity contribution >= 4 is 11.8 Å². The number of benzene rings is 1. The molecule has 0 heterocycles. The van der Waals surface area contributed by atoms with Gasteiger partial charge in [0.15, 0.2) is 0 Å². The van der Waals surface area contributed by atoms with Crippen LogP contribution in [0.2, 0.25) is 0 Å². The van der Waals surface area contributed by atoms with Crippen LogP contribution < -0.4 is 10.6 Å². The van der Waals surface area contributed by atoms with Crippen LogP contribution in [-0.4, -0.2) is 24.4 Å². The summed E-state index contributed by atoms with van der Waals surface area (Å²) in [6.45, 7) is 2.36. The topological polar surface area (TPSA) is 58.2 Å². The zero-order valence-corrected chi connectivity index (χ0v) is 15.1. The van der Waals surface area contributed by atoms with E-state index in [0.29, 0.717) is 24.8 Å². The van der Waals surface area contributed by atoms with E-state index >= 15 is 0 Å². The summed E-state index contributed by atoms with van der Waals surface area (Å²) in [5, 5.41) is 5.65. The molecule has 2 fully saturated rings. The van der Waals surface area contributed by atoms with Gasteiger partial charge < -0.3 is 10.6 Å². The number of hydrogen-bond acceptors (Lipinski definition) is 2. The highest BCUT2D eigenvalue weighted by Gasteiger charge is 2.42. The molecule has 26 heavy (non-hydrogen) atoms. The maximum Gasteiger partial charge on any atom is 0.254 e. The maximum atomic E-state index is 13.5. The predicted octanol–water partition coefficient (Wildman–Crippen LogP) is 3.42. The molecule has 142 valence electrons. The monoisotopic (exact) mass is 364 g/mol. The van der Waals surface area contributed by atoms with Crippen LogP contribution in [0.4, 0.5) is 8.78 Å². The minimum Gasteiger partial charge on any atom is -0.353 e. The van der Waals surface area contributed by atoms with Crippen molar-refractivity contribution < 1.29 is 18.4 Å². The van der Waals surface area contributed by atoms with Crippen LogP contribution in [0.1, 0.15) is 55.8 Å². The van der Waals surface area contributed by atoms with Crippen LogP contribution >= 0.6 is 0 Å². The molecule has 4 atom stereocenters. The molecule has 1 aromatic carbocycles. The van der Waals surface area contributed by atoms with Gasteiger partial charge in [-0.2, -0.15) is 0 Å². The first-order valence-electron chi connectivity index (χ1n) is 9.46. The van der Waals surface area contributed by atoms with Gasteiger partial charge in [0.1, 0.15) is 11.6 Å². The van der Waals surface area contributed by atoms with Crippen molar-refractivity contribution in [3.8, 4) is 0 Å². The molecule has 2 bridgehead atoms. The number of nitrogens with one attached hydrogen (secondary N) is 2. The molecule has 2 N–H and O–H groups in total. The number of halogens is 2. The van der Waals surface area contributed by atoms with Gasteiger partial charge in [0.2, 0.25) is 5.91 Å². The smallest absolute Gasteiger partial charge is 0.254 e. The Kier molecular flexibility index (Phi) is 5.89. The molecule has 0 aliphatic heterocycles. The summed E-state index contributed by atoms with van der Waals surface area (Å²) in [4.78, 5) is 24.0. The van der Waals surface area contributed by atoms with E-state index in [9.17, 15) is 18.4 Å². The number of carbonyl (C=O) groups excluding carboxylic acids is 2. The molecular weight excluding hydrogens is 338 g/mol. The van der Waals surface area contributed by atoms with Crippen molar-refractivity contribution in [2.75, 3.05) is 6.54 Å². The normalized spacial score (nSPS) is 25.1. The number of fused-ring (bicyclic) bond motifs is 2. The highest BCUT2D eigenvalue weighted by Crippen LogP contribution is 2.49. The second kappa shape index (κ2) is 8.14. The minimum atomic E-state index is -0.889. The first-order chi connectivity index (χ1) is 12.4. The van der Waals surface area contributed by atoms with Gasteiger partial charge in [0, 0.05) is 25.1 Å². The Hall–Kier alpha value is -1.98. The highest BCUT2D eigenvalue weighted by molar-refractivity contribution is 5.94. The fourth-order valence-electron chi connectivity index (χ4n) is 4.56. The highest BCUT2D eigenvalue weighted by atomic mass is 19.1. The van der Waals surface area contributed by atoms with Gasteiger partial charge in [-0.15, -0.1) is 0 Å². The summed E-state index contributed by atoms with van der Waals surface area (Å²) in [5.41, 5.74) is -0.194. The Morgan fingerprint density at radius 3 is 2.69 bits per heavy atom. The van der Waals surface area contributed by atoms with Crippen molar-refractivity contribution in [1.29, 1.82) is 0 Å². The summed E-state index contributed by atoms with van der Waals surface area (Å²) in [5.74, 6) is -0.00790. The standard InChI is InChI=1S/C20H26F2N2O2/c1-12(17-10-13-4-5-14(17)9-13)24-19(25)3-2-8-23-20(26)16-7-6-15(21)11-18(16)22/h6-7,11-14,17H,2-5,8-10H2,1H3,(H,23,26)(H,24,25). The zero-order chi connectivity index (χ0) is 18.7. The lowest BCUT2D eigenvalue weighted by Crippen LogP contribution is -2.40. The second-order valence-electron chi connectivity index (χ2n) is 7.68. The zero-order valence-electron chi connectivity index (χ0n) is 15.1. The van der Waals surface area contributed by atoms with Crippen LogP contribution in [0.15, 0.2) is 18.2 Å². The lowest BCUT2D eigenvalue weighted by atomic mass is 9.84. The van der Waals surface area contributed by atoms with Crippen molar-refractivity contribution in [3.05, 3.63) is 35.4 Å². The summed E-state index contributed by atoms with van der Waals surface area (Å²) in [6, 6.07) is 3.03. The van der Waals surface area contributed by atoms with Gasteiger partial charge in [-0.3, -0.25) is 9.59 Å². The first kappa shape index (κ1) is 18.8. The molecule has 4 nitrogen and oxygen atoms in total. The predicted molar refractivity (Wildman–Crippen MR) is 94.5 cm³/mol. The average Bonchev–Trinajstić information content (AvgIpc) is 3.21. The van der Waals surface area contributed by atoms with Crippen LogP contribution in [0.25, 0.3) is 0 Å². The SMILES string of the molecule is CC(NC(=O)CCCNC(=O)c1ccc(F)cc1F)C1CC2CCC1C2. The molecule has 0 radical (unpaired) electrons. The number of carbonyl (C=O) groups is 2. The Labute approximate surface area is 152 Å². The van der Waals surface area contributed by atoms with E-state index in [4.69, 9.17) is 0 Å². The van der Waals surface area contributed by atoms with E-state index in [2.05, 4.69) is 17.6 Å². The van der Waals surface area contributed by atoms with Gasteiger partial charge in [0.05, 0.1) is 5.56 Å². The van der Waals surface area contributed by atoms with Crippen LogP contribution in [0.3, 0.4) is 0 Å². The van der Waals surface area contributed by atoms with Crippen molar-refractivity contribution in [1.82, 2.24) is 10.6 Å². The maximum absolute atomic E-state index is 13.5. The fourth-order valence-corrected chi connectivity index (χ4v) is 4.56. The Morgan fingerprint density at radius 1 is 1.23 bits per heavy atom. The third-order valence-electron chi connectivity index (χ3n) is 5.87. The number of hydrogen-bond donors (Lipinski definition) is 2. The summed E-state index contributed by atoms with van der Waals surface area (Å²) >= 11 is 0. The molecule has 0 aromatic heterocycles. The second-order valence-corrected chi connectivity index (χ2v) is 7.68. The van der Waals surface area contributed by atoms with Gasteiger partial charge >= 0.3 is 0 Å². The quantitative estimate of drug-likeness (QED) is 0.729. The molecule has 3 rings (SSSR count). The summed E-state index contributed by atoms with van der Waals surface area (Å²) in [6.07, 6.45) is 5.97. The summed E-state index contributed by atoms with van der Waals surface area (Å²) in [7, 11) is 0. The van der Waals surface area contributed by atoms with E-state index in [0.717, 1.165) is 24.0 Å². The summed E-state index contributed by atoms with van der Waals surface area (Å²) < 4.78 is 26.4. The van der Waals surface area contributed by atoms with Crippen molar-refractivity contribution in [2.24, 2.45) is 17.8 Å². The number of amides is 2. The third kappa shape index (κ3) is 4.40. The average molecular weight is 364 g/mol. The van der Waals surface area contributed by atoms with Gasteiger partial charge in [-0.25, -0.2) is 8.78 Å². The van der Waals surface area contributed by atoms with E-state index in [1.54, 1.807) is 0 Å². The lowest BCUT2D eigenvalue weighted by Gasteiger charge is -2.28. The molecule has 2 aliphatic rings. The van der Waals surface area contributed by atoms with E-state index in [-0.39, 0.29) is 24.1 Å². The minimum absolute atomic E-state index is 0.0116. The van der Waals surface area contributed by atoms with E-state index in [1.165, 1.54) is 25.7 Å². The Balaban J connectivity index is 1.35. The van der Waals surface area contributed by atoms with E-state index < -0.39 is 17.5 Å². The van der Waals surface area contributed by atoms with Crippen molar-refractivity contribution in [2.45, 2.75) is 51.5 Å². The van der Waals surface area contributed by atoms with Crippen LogP contribution in [-0.2, 0) is 4.79 Å². The van der Waals surface area contributed by atoms with Gasteiger partial charge in [-0.1, -0.05) is 6.42 Å². The molecule has 1 aromatic rings. The molecule has 2 amide bonds. The Bertz CT molecular complexity index is 680. The van der Waals surface area contributed by atoms with Gasteiger partial charge in [0.25, 0.3) is 5.91 Å². The van der Waals surface area contributed by atoms with E-state index in [1.807, 2.05) is 0 Å². The van der Waals surface area contributed by atoms with Gasteiger partial charge in [-0.05, 0) is 62.5 Å². The largest absolute Gasteiger partial charge is 0.353 e. The molecule has 0 saturated heterocycles. The van der Waals surface area contributed by atoms with Crippen molar-refractivity contribution in [3.63, 3.8) is 0 Å². The Morgan fingerprint density at radius 2 is 2.04 bits per heavy atom. The fraction of sp³-hybridized carbons (Fsp3) is 0.600. The van der Waals surface area contributed by atoms with Crippen LogP contribution in [0, 0.1) is 29.4 Å². The molecule has 4 unspecified atom stereocenters. The number of rotatable bonds is 7. The first-order valence-corrected chi connectivity index (χ1v) is 9.46. The third-order valence-corrected chi connectivity index (χ3v) is 5.87. The molecule has 2 saturated carbocycles. The molecule has 6 heteroatoms. The lowest BCUT2D eigenvalue weighted by molar-refractivity contribution is -0.122.